The van der Waals surface area contributed by atoms with E-state index in [9.17, 15) is 22.0 Å². The van der Waals surface area contributed by atoms with Crippen molar-refractivity contribution in [3.05, 3.63) is 83.4 Å². The molecule has 1 aliphatic carbocycles. The molecule has 2 amide bonds. The molecule has 3 N–H and O–H groups in total. The van der Waals surface area contributed by atoms with E-state index in [0.717, 1.165) is 48.1 Å². The number of fused-ring (bicyclic) bond motifs is 2. The lowest BCUT2D eigenvalue weighted by Crippen LogP contribution is -2.41. The monoisotopic (exact) mass is 511 g/mol. The molecule has 188 valence electrons. The Morgan fingerprint density at radius 3 is 2.39 bits per heavy atom. The predicted octanol–water partition coefficient (Wildman–Crippen LogP) is 5.48. The maximum Gasteiger partial charge on any atom is 0.322 e. The van der Waals surface area contributed by atoms with Crippen LogP contribution in [-0.2, 0) is 22.0 Å². The van der Waals surface area contributed by atoms with Crippen LogP contribution in [0.1, 0.15) is 48.8 Å². The molecule has 1 aliphatic heterocycles. The number of nitrogens with one attached hydrogen (secondary N) is 1. The van der Waals surface area contributed by atoms with Crippen LogP contribution in [0.3, 0.4) is 0 Å². The summed E-state index contributed by atoms with van der Waals surface area (Å²) in [6.45, 7) is 0.765. The van der Waals surface area contributed by atoms with E-state index in [-0.39, 0.29) is 28.4 Å². The molecular formula is C27H27F2N3O3S. The first-order chi connectivity index (χ1) is 17.2. The van der Waals surface area contributed by atoms with Crippen molar-refractivity contribution in [3.8, 4) is 11.1 Å². The molecule has 0 bridgehead atoms. The van der Waals surface area contributed by atoms with Crippen molar-refractivity contribution in [3.63, 3.8) is 0 Å². The highest BCUT2D eigenvalue weighted by Crippen LogP contribution is 2.51. The smallest absolute Gasteiger partial charge is 0.322 e. The van der Waals surface area contributed by atoms with E-state index in [1.54, 1.807) is 41.3 Å². The number of carbonyl (C=O) groups is 1. The average Bonchev–Trinajstić information content (AvgIpc) is 3.47. The molecule has 0 aromatic heterocycles. The second-order valence-electron chi connectivity index (χ2n) is 9.54. The van der Waals surface area contributed by atoms with E-state index < -0.39 is 16.4 Å². The zero-order valence-corrected chi connectivity index (χ0v) is 20.4. The van der Waals surface area contributed by atoms with Crippen LogP contribution in [0.5, 0.6) is 0 Å². The quantitative estimate of drug-likeness (QED) is 0.475. The van der Waals surface area contributed by atoms with Crippen molar-refractivity contribution in [1.82, 2.24) is 5.32 Å². The Morgan fingerprint density at radius 1 is 1.03 bits per heavy atom. The molecule has 0 atom stereocenters. The number of nitrogens with zero attached hydrogens (tertiary/aromatic N) is 1. The zero-order valence-electron chi connectivity index (χ0n) is 19.6. The van der Waals surface area contributed by atoms with Crippen molar-refractivity contribution < 1.29 is 22.0 Å². The van der Waals surface area contributed by atoms with E-state index in [4.69, 9.17) is 5.14 Å². The van der Waals surface area contributed by atoms with Gasteiger partial charge < -0.3 is 5.32 Å². The second-order valence-corrected chi connectivity index (χ2v) is 11.1. The summed E-state index contributed by atoms with van der Waals surface area (Å²) in [6.07, 6.45) is 1.43. The van der Waals surface area contributed by atoms with Gasteiger partial charge in [0.05, 0.1) is 4.90 Å². The lowest BCUT2D eigenvalue weighted by molar-refractivity contribution is 0.152. The Labute approximate surface area is 209 Å². The molecule has 3 aromatic carbocycles. The first-order valence-electron chi connectivity index (χ1n) is 11.9. The van der Waals surface area contributed by atoms with E-state index in [1.807, 2.05) is 12.1 Å². The van der Waals surface area contributed by atoms with Gasteiger partial charge in [-0.05, 0) is 59.4 Å². The minimum atomic E-state index is -3.78. The van der Waals surface area contributed by atoms with Gasteiger partial charge in [-0.15, -0.1) is 0 Å². The number of nitrogens with two attached hydrogens (primary N) is 1. The number of hydrogen-bond acceptors (Lipinski definition) is 3. The molecule has 2 aliphatic rings. The number of sulfonamides is 1. The summed E-state index contributed by atoms with van der Waals surface area (Å²) in [5, 5.41) is 8.07. The van der Waals surface area contributed by atoms with Crippen LogP contribution in [0.4, 0.5) is 19.3 Å². The average molecular weight is 512 g/mol. The summed E-state index contributed by atoms with van der Waals surface area (Å²) in [4.78, 5) is 15.0. The third-order valence-corrected chi connectivity index (χ3v) is 8.26. The van der Waals surface area contributed by atoms with Gasteiger partial charge in [0.2, 0.25) is 10.0 Å². The van der Waals surface area contributed by atoms with Crippen LogP contribution in [-0.4, -0.2) is 21.0 Å². The van der Waals surface area contributed by atoms with Gasteiger partial charge in [0.15, 0.2) is 0 Å². The van der Waals surface area contributed by atoms with Gasteiger partial charge in [-0.3, -0.25) is 4.90 Å². The van der Waals surface area contributed by atoms with Gasteiger partial charge >= 0.3 is 6.03 Å². The Hall–Kier alpha value is -3.30. The van der Waals surface area contributed by atoms with E-state index in [2.05, 4.69) is 5.32 Å². The highest BCUT2D eigenvalue weighted by atomic mass is 32.2. The van der Waals surface area contributed by atoms with E-state index in [0.29, 0.717) is 12.1 Å². The maximum absolute atomic E-state index is 13.7. The second kappa shape index (κ2) is 9.29. The summed E-state index contributed by atoms with van der Waals surface area (Å²) < 4.78 is 50.2. The van der Waals surface area contributed by atoms with Gasteiger partial charge in [0.1, 0.15) is 0 Å². The molecule has 36 heavy (non-hydrogen) atoms. The molecule has 0 radical (unpaired) electrons. The third-order valence-electron chi connectivity index (χ3n) is 7.33. The molecule has 1 spiro atoms. The molecule has 0 saturated heterocycles. The molecule has 5 rings (SSSR count). The number of rotatable bonds is 5. The number of halogens is 2. The summed E-state index contributed by atoms with van der Waals surface area (Å²) >= 11 is 0. The van der Waals surface area contributed by atoms with Crippen molar-refractivity contribution >= 4 is 21.7 Å². The zero-order chi connectivity index (χ0) is 25.5. The van der Waals surface area contributed by atoms with Gasteiger partial charge in [-0.1, -0.05) is 55.3 Å². The molecule has 3 aromatic rings. The standard InChI is InChI=1S/C27H27F2N3O3S/c28-25(29)22-6-2-1-5-21(22)19-9-12-24-23(15-19)27(13-3-4-14-27)17-32(24)26(33)31-16-18-7-10-20(11-8-18)36(30,34)35/h1-2,5-12,15,25H,3-4,13-14,16-17H2,(H,31,33)(H2,30,34,35). The third kappa shape index (κ3) is 4.49. The predicted molar refractivity (Wildman–Crippen MR) is 134 cm³/mol. The fraction of sp³-hybridized carbons (Fsp3) is 0.296. The Kier molecular flexibility index (Phi) is 6.30. The van der Waals surface area contributed by atoms with Crippen LogP contribution in [0.15, 0.2) is 71.6 Å². The first kappa shape index (κ1) is 24.4. The van der Waals surface area contributed by atoms with Gasteiger partial charge in [0, 0.05) is 29.8 Å². The Balaban J connectivity index is 1.41. The lowest BCUT2D eigenvalue weighted by atomic mass is 9.79. The van der Waals surface area contributed by atoms with E-state index in [1.165, 1.54) is 18.2 Å². The largest absolute Gasteiger partial charge is 0.334 e. The molecule has 9 heteroatoms. The van der Waals surface area contributed by atoms with Crippen LogP contribution in [0, 0.1) is 0 Å². The summed E-state index contributed by atoms with van der Waals surface area (Å²) in [5.41, 5.74) is 3.64. The maximum atomic E-state index is 13.7. The van der Waals surface area contributed by atoms with Gasteiger partial charge in [0.25, 0.3) is 6.43 Å². The number of benzene rings is 3. The summed E-state index contributed by atoms with van der Waals surface area (Å²) in [7, 11) is -3.78. The molecule has 1 saturated carbocycles. The Morgan fingerprint density at radius 2 is 1.72 bits per heavy atom. The SMILES string of the molecule is NS(=O)(=O)c1ccc(CNC(=O)N2CC3(CCCC3)c3cc(-c4ccccc4C(F)F)ccc32)cc1. The van der Waals surface area contributed by atoms with Crippen LogP contribution in [0.2, 0.25) is 0 Å². The number of anilines is 1. The number of alkyl halides is 2. The van der Waals surface area contributed by atoms with Crippen molar-refractivity contribution in [2.45, 2.75) is 49.0 Å². The Bertz CT molecular complexity index is 1400. The fourth-order valence-electron chi connectivity index (χ4n) is 5.52. The van der Waals surface area contributed by atoms with Crippen LogP contribution < -0.4 is 15.4 Å². The molecule has 6 nitrogen and oxygen atoms in total. The number of amides is 2. The highest BCUT2D eigenvalue weighted by molar-refractivity contribution is 7.89. The minimum Gasteiger partial charge on any atom is -0.334 e. The number of carbonyl (C=O) groups excluding carboxylic acids is 1. The topological polar surface area (TPSA) is 92.5 Å². The van der Waals surface area contributed by atoms with Crippen LogP contribution >= 0.6 is 0 Å². The van der Waals surface area contributed by atoms with Crippen molar-refractivity contribution in [1.29, 1.82) is 0 Å². The molecule has 1 fully saturated rings. The van der Waals surface area contributed by atoms with Gasteiger partial charge in [-0.2, -0.15) is 0 Å². The number of hydrogen-bond donors (Lipinski definition) is 2. The normalized spacial score (nSPS) is 16.5. The molecular weight excluding hydrogens is 484 g/mol. The van der Waals surface area contributed by atoms with Crippen molar-refractivity contribution in [2.24, 2.45) is 5.14 Å². The number of primary sulfonamides is 1. The summed E-state index contributed by atoms with van der Waals surface area (Å²) in [6, 6.07) is 18.0. The lowest BCUT2D eigenvalue weighted by Gasteiger charge is -2.25. The summed E-state index contributed by atoms with van der Waals surface area (Å²) in [5.74, 6) is 0. The molecule has 0 unspecified atom stereocenters. The fourth-order valence-corrected chi connectivity index (χ4v) is 6.03. The highest BCUT2D eigenvalue weighted by Gasteiger charge is 2.46. The van der Waals surface area contributed by atoms with Gasteiger partial charge in [-0.25, -0.2) is 27.1 Å². The first-order valence-corrected chi connectivity index (χ1v) is 13.4. The minimum absolute atomic E-state index is 0.000952. The van der Waals surface area contributed by atoms with E-state index >= 15 is 0 Å². The van der Waals surface area contributed by atoms with Crippen LogP contribution in [0.25, 0.3) is 11.1 Å². The van der Waals surface area contributed by atoms with Crippen molar-refractivity contribution in [2.75, 3.05) is 11.4 Å². The molecule has 1 heterocycles. The number of urea groups is 1.